The lowest BCUT2D eigenvalue weighted by molar-refractivity contribution is -0.131. The maximum Gasteiger partial charge on any atom is 0.308 e. The van der Waals surface area contributed by atoms with E-state index in [1.165, 1.54) is 6.92 Å². The van der Waals surface area contributed by atoms with Crippen molar-refractivity contribution in [2.24, 2.45) is 0 Å². The van der Waals surface area contributed by atoms with Gasteiger partial charge in [-0.25, -0.2) is 0 Å². The van der Waals surface area contributed by atoms with Crippen LogP contribution in [-0.4, -0.2) is 11.8 Å². The maximum absolute atomic E-state index is 11.6. The fraction of sp³-hybridized carbons (Fsp3) is 0.333. The van der Waals surface area contributed by atoms with Crippen LogP contribution in [0.15, 0.2) is 18.2 Å². The molecule has 0 aromatic heterocycles. The van der Waals surface area contributed by atoms with Crippen molar-refractivity contribution in [2.75, 3.05) is 0 Å². The average molecular weight is 204 g/mol. The summed E-state index contributed by atoms with van der Waals surface area (Å²) in [4.78, 5) is 22.3. The van der Waals surface area contributed by atoms with Gasteiger partial charge in [0.1, 0.15) is 5.75 Å². The van der Waals surface area contributed by atoms with E-state index in [1.54, 1.807) is 12.1 Å². The third kappa shape index (κ3) is 2.06. The van der Waals surface area contributed by atoms with Gasteiger partial charge in [0, 0.05) is 18.9 Å². The number of rotatable bonds is 1. The van der Waals surface area contributed by atoms with E-state index < -0.39 is 0 Å². The van der Waals surface area contributed by atoms with Gasteiger partial charge in [-0.15, -0.1) is 0 Å². The largest absolute Gasteiger partial charge is 0.427 e. The van der Waals surface area contributed by atoms with E-state index in [2.05, 4.69) is 0 Å². The first-order chi connectivity index (χ1) is 7.16. The molecule has 0 spiro atoms. The Balaban J connectivity index is 2.35. The predicted molar refractivity (Wildman–Crippen MR) is 55.0 cm³/mol. The van der Waals surface area contributed by atoms with Crippen LogP contribution in [-0.2, 0) is 11.2 Å². The second kappa shape index (κ2) is 3.85. The molecule has 3 nitrogen and oxygen atoms in total. The third-order valence-corrected chi connectivity index (χ3v) is 2.49. The number of fused-ring (bicyclic) bond motifs is 1. The van der Waals surface area contributed by atoms with Gasteiger partial charge in [0.15, 0.2) is 5.78 Å². The molecule has 15 heavy (non-hydrogen) atoms. The van der Waals surface area contributed by atoms with E-state index in [1.807, 2.05) is 6.07 Å². The molecular weight excluding hydrogens is 192 g/mol. The quantitative estimate of drug-likeness (QED) is 0.520. The van der Waals surface area contributed by atoms with E-state index in [0.717, 1.165) is 18.4 Å². The van der Waals surface area contributed by atoms with Gasteiger partial charge < -0.3 is 4.74 Å². The minimum Gasteiger partial charge on any atom is -0.427 e. The molecule has 0 saturated carbocycles. The summed E-state index contributed by atoms with van der Waals surface area (Å²) in [5.41, 5.74) is 1.77. The van der Waals surface area contributed by atoms with Gasteiger partial charge in [0.2, 0.25) is 0 Å². The van der Waals surface area contributed by atoms with Crippen molar-refractivity contribution < 1.29 is 14.3 Å². The summed E-state index contributed by atoms with van der Waals surface area (Å²) in [6.45, 7) is 1.35. The zero-order valence-corrected chi connectivity index (χ0v) is 8.58. The molecule has 0 bridgehead atoms. The Morgan fingerprint density at radius 3 is 2.87 bits per heavy atom. The van der Waals surface area contributed by atoms with Crippen LogP contribution in [0.5, 0.6) is 5.75 Å². The van der Waals surface area contributed by atoms with Crippen molar-refractivity contribution in [3.05, 3.63) is 29.3 Å². The van der Waals surface area contributed by atoms with Gasteiger partial charge >= 0.3 is 5.97 Å². The van der Waals surface area contributed by atoms with Crippen molar-refractivity contribution >= 4 is 11.8 Å². The Hall–Kier alpha value is -1.64. The lowest BCUT2D eigenvalue weighted by Crippen LogP contribution is -2.11. The van der Waals surface area contributed by atoms with Gasteiger partial charge in [-0.1, -0.05) is 6.07 Å². The molecule has 3 heteroatoms. The number of carbonyl (C=O) groups is 2. The molecule has 1 aromatic carbocycles. The third-order valence-electron chi connectivity index (χ3n) is 2.49. The smallest absolute Gasteiger partial charge is 0.308 e. The number of aryl methyl sites for hydroxylation is 1. The van der Waals surface area contributed by atoms with Gasteiger partial charge in [0.25, 0.3) is 0 Å². The Morgan fingerprint density at radius 1 is 1.33 bits per heavy atom. The molecule has 0 atom stereocenters. The highest BCUT2D eigenvalue weighted by molar-refractivity contribution is 5.98. The average Bonchev–Trinajstić information content (AvgIpc) is 2.18. The monoisotopic (exact) mass is 204 g/mol. The Labute approximate surface area is 88.1 Å². The molecule has 1 aliphatic carbocycles. The number of esters is 1. The summed E-state index contributed by atoms with van der Waals surface area (Å²) >= 11 is 0. The molecule has 0 saturated heterocycles. The first-order valence-corrected chi connectivity index (χ1v) is 5.01. The molecule has 0 heterocycles. The van der Waals surface area contributed by atoms with Crippen LogP contribution in [0.4, 0.5) is 0 Å². The molecule has 0 amide bonds. The number of carbonyl (C=O) groups excluding carboxylic acids is 2. The number of ketones is 1. The van der Waals surface area contributed by atoms with Crippen LogP contribution < -0.4 is 4.74 Å². The van der Waals surface area contributed by atoms with Crippen LogP contribution in [0.1, 0.15) is 35.7 Å². The van der Waals surface area contributed by atoms with Crippen LogP contribution >= 0.6 is 0 Å². The first kappa shape index (κ1) is 9.90. The van der Waals surface area contributed by atoms with Crippen LogP contribution in [0.3, 0.4) is 0 Å². The second-order valence-corrected chi connectivity index (χ2v) is 3.69. The number of hydrogen-bond acceptors (Lipinski definition) is 3. The normalized spacial score (nSPS) is 14.6. The summed E-state index contributed by atoms with van der Waals surface area (Å²) in [5.74, 6) is 0.236. The minimum atomic E-state index is -0.363. The lowest BCUT2D eigenvalue weighted by Gasteiger charge is -2.15. The Kier molecular flexibility index (Phi) is 2.54. The zero-order chi connectivity index (χ0) is 10.8. The summed E-state index contributed by atoms with van der Waals surface area (Å²) in [5, 5.41) is 0. The molecule has 1 aromatic rings. The van der Waals surface area contributed by atoms with Crippen molar-refractivity contribution in [1.29, 1.82) is 0 Å². The highest BCUT2D eigenvalue weighted by Crippen LogP contribution is 2.25. The standard InChI is InChI=1S/C12H12O3/c1-8(13)15-10-6-5-9-3-2-4-12(14)11(9)7-10/h5-7H,2-4H2,1H3. The van der Waals surface area contributed by atoms with E-state index in [-0.39, 0.29) is 11.8 Å². The molecule has 1 aliphatic rings. The fourth-order valence-corrected chi connectivity index (χ4v) is 1.84. The van der Waals surface area contributed by atoms with E-state index >= 15 is 0 Å². The molecule has 0 N–H and O–H groups in total. The highest BCUT2D eigenvalue weighted by Gasteiger charge is 2.17. The van der Waals surface area contributed by atoms with E-state index in [9.17, 15) is 9.59 Å². The molecule has 0 fully saturated rings. The van der Waals surface area contributed by atoms with Gasteiger partial charge in [-0.05, 0) is 30.5 Å². The SMILES string of the molecule is CC(=O)Oc1ccc2c(c1)C(=O)CCC2. The number of benzene rings is 1. The molecule has 78 valence electrons. The van der Waals surface area contributed by atoms with Crippen LogP contribution in [0.2, 0.25) is 0 Å². The zero-order valence-electron chi connectivity index (χ0n) is 8.58. The van der Waals surface area contributed by atoms with Crippen molar-refractivity contribution in [3.8, 4) is 5.75 Å². The molecular formula is C12H12O3. The summed E-state index contributed by atoms with van der Waals surface area (Å²) in [6, 6.07) is 5.27. The first-order valence-electron chi connectivity index (χ1n) is 5.01. The van der Waals surface area contributed by atoms with Gasteiger partial charge in [-0.3, -0.25) is 9.59 Å². The van der Waals surface area contributed by atoms with Crippen LogP contribution in [0.25, 0.3) is 0 Å². The highest BCUT2D eigenvalue weighted by atomic mass is 16.5. The van der Waals surface area contributed by atoms with Crippen LogP contribution in [0, 0.1) is 0 Å². The molecule has 0 radical (unpaired) electrons. The fourth-order valence-electron chi connectivity index (χ4n) is 1.84. The van der Waals surface area contributed by atoms with Gasteiger partial charge in [0.05, 0.1) is 0 Å². The number of hydrogen-bond donors (Lipinski definition) is 0. The Bertz CT molecular complexity index is 421. The molecule has 2 rings (SSSR count). The Morgan fingerprint density at radius 2 is 2.13 bits per heavy atom. The maximum atomic E-state index is 11.6. The van der Waals surface area contributed by atoms with Gasteiger partial charge in [-0.2, -0.15) is 0 Å². The summed E-state index contributed by atoms with van der Waals surface area (Å²) < 4.78 is 4.94. The minimum absolute atomic E-state index is 0.144. The number of ether oxygens (including phenoxy) is 1. The second-order valence-electron chi connectivity index (χ2n) is 3.69. The lowest BCUT2D eigenvalue weighted by atomic mass is 9.90. The molecule has 0 unspecified atom stereocenters. The topological polar surface area (TPSA) is 43.4 Å². The van der Waals surface area contributed by atoms with Crippen molar-refractivity contribution in [3.63, 3.8) is 0 Å². The predicted octanol–water partition coefficient (Wildman–Crippen LogP) is 2.13. The number of Topliss-reactive ketones (excluding diaryl/α,β-unsaturated/α-hetero) is 1. The molecule has 0 aliphatic heterocycles. The summed E-state index contributed by atoms with van der Waals surface area (Å²) in [6.07, 6.45) is 2.44. The van der Waals surface area contributed by atoms with E-state index in [4.69, 9.17) is 4.74 Å². The van der Waals surface area contributed by atoms with Crippen molar-refractivity contribution in [2.45, 2.75) is 26.2 Å². The van der Waals surface area contributed by atoms with Crippen molar-refractivity contribution in [1.82, 2.24) is 0 Å². The van der Waals surface area contributed by atoms with E-state index in [0.29, 0.717) is 17.7 Å². The summed E-state index contributed by atoms with van der Waals surface area (Å²) in [7, 11) is 0.